The summed E-state index contributed by atoms with van der Waals surface area (Å²) in [5, 5.41) is 7.27. The van der Waals surface area contributed by atoms with Crippen molar-refractivity contribution in [3.05, 3.63) is 590 Å². The van der Waals surface area contributed by atoms with Crippen LogP contribution >= 0.6 is 0 Å². The monoisotopic (exact) mass is 1790 g/mol. The Kier molecular flexibility index (Phi) is 18.5. The van der Waals surface area contributed by atoms with E-state index in [0.717, 1.165) is 84.6 Å². The first-order chi connectivity index (χ1) is 69.6. The summed E-state index contributed by atoms with van der Waals surface area (Å²) in [5.41, 5.74) is 48.6. The van der Waals surface area contributed by atoms with E-state index in [0.29, 0.717) is 0 Å². The zero-order valence-electron chi connectivity index (χ0n) is 78.3. The quantitative estimate of drug-likeness (QED) is 0.0947. The standard InChI is InChI=1S/C138H93N3/c1-88-40-64-103(65-41-88)139(109-76-61-97-22-4-7-25-100(97)85-109)106-70-52-91(53-71-106)46-49-94-58-79-118-127(82-94)136(121-34-16-10-28-112(121)113-29-11-17-35-122(113)136)133-130(118)134-132(120-81-60-96(84-129(120)137(134)123-36-18-12-30-114(123)115-31-13-19-37-124(115)137)51-48-93-56-74-108(75-57-93)141(105-68-44-90(3)45-69-105)111-78-63-99-24-6-9-27-102(99)87-111)135-131(133)119-80-59-95(83-128(119)138(135)125-38-20-14-32-116(125)117-33-15-21-39-126(117)138)50-47-92-54-72-107(73-55-92)140(104-66-42-89(2)43-67-104)110-77-62-98-23-5-8-26-101(98)86-110/h4-87H,1-3H3/b49-46+,50-47+,51-48+. The lowest BCUT2D eigenvalue weighted by Crippen LogP contribution is -2.31. The van der Waals surface area contributed by atoms with Crippen LogP contribution in [0.2, 0.25) is 0 Å². The predicted molar refractivity (Wildman–Crippen MR) is 592 cm³/mol. The Bertz CT molecular complexity index is 8070. The number of benzene rings is 22. The van der Waals surface area contributed by atoms with Crippen LogP contribution in [0.1, 0.15) is 117 Å². The topological polar surface area (TPSA) is 9.72 Å². The molecule has 0 atom stereocenters. The lowest BCUT2D eigenvalue weighted by Gasteiger charge is -2.37. The van der Waals surface area contributed by atoms with Gasteiger partial charge in [0.1, 0.15) is 0 Å². The van der Waals surface area contributed by atoms with Crippen LogP contribution in [0.4, 0.5) is 51.2 Å². The van der Waals surface area contributed by atoms with Gasteiger partial charge in [-0.3, -0.25) is 0 Å². The average Bonchev–Trinajstić information content (AvgIpc) is 1.45. The van der Waals surface area contributed by atoms with Crippen molar-refractivity contribution >= 4 is 120 Å². The minimum absolute atomic E-state index is 0.872. The highest BCUT2D eigenvalue weighted by atomic mass is 15.2. The van der Waals surface area contributed by atoms with E-state index in [1.807, 2.05) is 0 Å². The Morgan fingerprint density at radius 1 is 0.149 bits per heavy atom. The van der Waals surface area contributed by atoms with Gasteiger partial charge < -0.3 is 14.7 Å². The SMILES string of the molecule is Cc1ccc(N(c2ccc(/C=C/c3ccc4c(c3)C3(c5ccccc5-c5ccccc53)c3c-4c4c(c5c3-c3ccc(/C=C/c6ccc(N(c7ccc(C)cc7)c7ccc8ccccc8c7)cc6)cc3C53c5ccccc5-c5ccccc53)-c3ccc(/C=C/c5ccc(N(c6ccc(C)cc6)c6ccc7ccccc7c6)cc5)cc3C43c4ccccc4-c4ccccc43)cc2)c2ccc3ccccc3c2)cc1. The number of aryl methyl sites for hydroxylation is 3. The van der Waals surface area contributed by atoms with Gasteiger partial charge >= 0.3 is 0 Å². The van der Waals surface area contributed by atoms with Crippen LogP contribution in [0.15, 0.2) is 473 Å². The molecule has 0 saturated carbocycles. The van der Waals surface area contributed by atoms with Gasteiger partial charge in [0.05, 0.1) is 16.2 Å². The summed E-state index contributed by atoms with van der Waals surface area (Å²) >= 11 is 0. The molecule has 28 rings (SSSR count). The summed E-state index contributed by atoms with van der Waals surface area (Å²) in [6, 6.07) is 180. The summed E-state index contributed by atoms with van der Waals surface area (Å²) in [6.07, 6.45) is 14.1. The van der Waals surface area contributed by atoms with E-state index in [1.54, 1.807) is 0 Å². The summed E-state index contributed by atoms with van der Waals surface area (Å²) in [4.78, 5) is 7.15. The number of hydrogen-bond donors (Lipinski definition) is 0. The maximum Gasteiger partial charge on any atom is 0.0731 e. The third-order valence-electron chi connectivity index (χ3n) is 31.3. The molecule has 6 aliphatic carbocycles. The van der Waals surface area contributed by atoms with Crippen LogP contribution in [0, 0.1) is 20.8 Å². The van der Waals surface area contributed by atoms with Crippen LogP contribution < -0.4 is 14.7 Å². The smallest absolute Gasteiger partial charge is 0.0731 e. The highest BCUT2D eigenvalue weighted by Crippen LogP contribution is 2.77. The highest BCUT2D eigenvalue weighted by molar-refractivity contribution is 6.14. The largest absolute Gasteiger partial charge is 0.310 e. The molecule has 0 amide bonds. The molecule has 0 aromatic heterocycles. The zero-order chi connectivity index (χ0) is 93.3. The first-order valence-corrected chi connectivity index (χ1v) is 49.3. The van der Waals surface area contributed by atoms with Gasteiger partial charge in [0.25, 0.3) is 0 Å². The van der Waals surface area contributed by atoms with Crippen LogP contribution in [0.25, 0.3) is 136 Å². The van der Waals surface area contributed by atoms with Crippen molar-refractivity contribution < 1.29 is 0 Å². The molecule has 0 saturated heterocycles. The third kappa shape index (κ3) is 12.4. The maximum absolute atomic E-state index is 2.61. The first kappa shape index (κ1) is 81.6. The van der Waals surface area contributed by atoms with Gasteiger partial charge in [-0.1, -0.05) is 399 Å². The van der Waals surface area contributed by atoms with Gasteiger partial charge in [0.2, 0.25) is 0 Å². The van der Waals surface area contributed by atoms with Gasteiger partial charge in [-0.05, 0) is 347 Å². The lowest BCUT2D eigenvalue weighted by molar-refractivity contribution is 0.764. The number of rotatable bonds is 15. The van der Waals surface area contributed by atoms with Crippen LogP contribution in [-0.2, 0) is 16.2 Å². The van der Waals surface area contributed by atoms with Gasteiger partial charge in [-0.2, -0.15) is 0 Å². The number of hydrogen-bond acceptors (Lipinski definition) is 3. The van der Waals surface area contributed by atoms with Crippen molar-refractivity contribution in [2.75, 3.05) is 14.7 Å². The molecule has 22 aromatic carbocycles. The fourth-order valence-electron chi connectivity index (χ4n) is 25.2. The molecule has 0 heterocycles. The molecule has 0 aliphatic heterocycles. The van der Waals surface area contributed by atoms with Crippen LogP contribution in [0.3, 0.4) is 0 Å². The Morgan fingerprint density at radius 2 is 0.340 bits per heavy atom. The van der Waals surface area contributed by atoms with Gasteiger partial charge in [-0.15, -0.1) is 0 Å². The van der Waals surface area contributed by atoms with Gasteiger partial charge in [-0.25, -0.2) is 0 Å². The molecule has 0 fully saturated rings. The summed E-state index contributed by atoms with van der Waals surface area (Å²) in [7, 11) is 0. The first-order valence-electron chi connectivity index (χ1n) is 49.3. The average molecular weight is 1790 g/mol. The minimum atomic E-state index is -0.872. The second-order valence-corrected chi connectivity index (χ2v) is 39.1. The van der Waals surface area contributed by atoms with Crippen molar-refractivity contribution in [2.45, 2.75) is 37.0 Å². The molecule has 6 aliphatic rings. The Hall–Kier alpha value is -17.8. The van der Waals surface area contributed by atoms with E-state index >= 15 is 0 Å². The molecule has 0 bridgehead atoms. The molecule has 0 radical (unpaired) electrons. The van der Waals surface area contributed by atoms with Crippen molar-refractivity contribution in [1.82, 2.24) is 0 Å². The summed E-state index contributed by atoms with van der Waals surface area (Å²) in [5.74, 6) is 0. The maximum atomic E-state index is 2.61. The molecule has 3 heteroatoms. The molecular weight excluding hydrogens is 1700 g/mol. The molecule has 3 spiro atoms. The van der Waals surface area contributed by atoms with Crippen molar-refractivity contribution in [3.8, 4) is 66.8 Å². The molecule has 3 nitrogen and oxygen atoms in total. The van der Waals surface area contributed by atoms with Gasteiger partial charge in [0.15, 0.2) is 0 Å². The predicted octanol–water partition coefficient (Wildman–Crippen LogP) is 36.0. The summed E-state index contributed by atoms with van der Waals surface area (Å²) < 4.78 is 0. The van der Waals surface area contributed by atoms with E-state index in [4.69, 9.17) is 0 Å². The zero-order valence-corrected chi connectivity index (χ0v) is 78.3. The fourth-order valence-corrected chi connectivity index (χ4v) is 25.2. The normalized spacial score (nSPS) is 13.7. The second kappa shape index (κ2) is 31.9. The molecule has 141 heavy (non-hydrogen) atoms. The number of anilines is 9. The van der Waals surface area contributed by atoms with E-state index in [-0.39, 0.29) is 0 Å². The van der Waals surface area contributed by atoms with E-state index in [1.165, 1.54) is 183 Å². The molecule has 0 unspecified atom stereocenters. The minimum Gasteiger partial charge on any atom is -0.310 e. The van der Waals surface area contributed by atoms with E-state index in [2.05, 4.69) is 545 Å². The molecule has 22 aromatic rings. The number of fused-ring (bicyclic) bond motifs is 36. The molecular formula is C138H93N3. The second-order valence-electron chi connectivity index (χ2n) is 39.1. The van der Waals surface area contributed by atoms with Crippen LogP contribution in [0.5, 0.6) is 0 Å². The van der Waals surface area contributed by atoms with Gasteiger partial charge in [0, 0.05) is 51.2 Å². The Balaban J connectivity index is 0.672. The van der Waals surface area contributed by atoms with Crippen molar-refractivity contribution in [3.63, 3.8) is 0 Å². The van der Waals surface area contributed by atoms with Crippen molar-refractivity contribution in [2.24, 2.45) is 0 Å². The molecule has 660 valence electrons. The molecule has 0 N–H and O–H groups in total. The Labute approximate surface area is 822 Å². The summed E-state index contributed by atoms with van der Waals surface area (Å²) in [6.45, 7) is 6.48. The van der Waals surface area contributed by atoms with E-state index in [9.17, 15) is 0 Å². The van der Waals surface area contributed by atoms with Crippen LogP contribution in [-0.4, -0.2) is 0 Å². The third-order valence-corrected chi connectivity index (χ3v) is 31.3. The number of nitrogens with zero attached hydrogens (tertiary/aromatic N) is 3. The van der Waals surface area contributed by atoms with E-state index < -0.39 is 16.2 Å². The Morgan fingerprint density at radius 3 is 0.582 bits per heavy atom. The lowest BCUT2D eigenvalue weighted by atomic mass is 9.63. The van der Waals surface area contributed by atoms with Crippen molar-refractivity contribution in [1.29, 1.82) is 0 Å². The fraction of sp³-hybridized carbons (Fsp3) is 0.0435. The highest BCUT2D eigenvalue weighted by Gasteiger charge is 2.65.